The number of fused-ring (bicyclic) bond motifs is 1. The molecule has 0 heterocycles. The van der Waals surface area contributed by atoms with E-state index < -0.39 is 10.1 Å². The second kappa shape index (κ2) is 28.3. The maximum Gasteiger partial charge on any atom is 0.294 e. The normalized spacial score (nSPS) is 12.0. The number of rotatable bonds is 33. The smallest absolute Gasteiger partial charge is 0.282 e. The van der Waals surface area contributed by atoms with Gasteiger partial charge in [0.15, 0.2) is 0 Å². The summed E-state index contributed by atoms with van der Waals surface area (Å²) in [6.45, 7) is 4.57. The lowest BCUT2D eigenvalue weighted by Gasteiger charge is -2.14. The number of aryl methyl sites for hydroxylation is 2. The summed E-state index contributed by atoms with van der Waals surface area (Å²) >= 11 is 0. The molecule has 0 fully saturated rings. The molecular weight excluding hydrogens is 609 g/mol. The molecule has 48 heavy (non-hydrogen) atoms. The zero-order chi connectivity index (χ0) is 34.5. The molecule has 0 aliphatic carbocycles. The fourth-order valence-corrected chi connectivity index (χ4v) is 8.07. The van der Waals surface area contributed by atoms with E-state index in [1.54, 1.807) is 12.1 Å². The van der Waals surface area contributed by atoms with Gasteiger partial charge in [-0.1, -0.05) is 212 Å². The quantitative estimate of drug-likeness (QED) is 0.0601. The molecule has 0 amide bonds. The first-order valence-electron chi connectivity index (χ1n) is 21.0. The highest BCUT2D eigenvalue weighted by atomic mass is 32.2. The highest BCUT2D eigenvalue weighted by molar-refractivity contribution is 7.85. The first-order valence-corrected chi connectivity index (χ1v) is 22.4. The van der Waals surface area contributed by atoms with Crippen LogP contribution in [0.4, 0.5) is 0 Å². The Hall–Kier alpha value is -1.39. The van der Waals surface area contributed by atoms with E-state index in [4.69, 9.17) is 0 Å². The van der Waals surface area contributed by atoms with Gasteiger partial charge in [-0.05, 0) is 59.7 Å². The minimum Gasteiger partial charge on any atom is -0.282 e. The minimum atomic E-state index is -4.23. The van der Waals surface area contributed by atoms with Crippen molar-refractivity contribution in [3.05, 3.63) is 41.5 Å². The van der Waals surface area contributed by atoms with E-state index in [9.17, 15) is 13.0 Å². The van der Waals surface area contributed by atoms with Crippen molar-refractivity contribution in [2.24, 2.45) is 0 Å². The number of hydrogen-bond donors (Lipinski definition) is 1. The van der Waals surface area contributed by atoms with Gasteiger partial charge in [0.25, 0.3) is 10.1 Å². The van der Waals surface area contributed by atoms with Gasteiger partial charge < -0.3 is 0 Å². The lowest BCUT2D eigenvalue weighted by Crippen LogP contribution is -2.02. The summed E-state index contributed by atoms with van der Waals surface area (Å²) in [5.74, 6) is 0. The highest BCUT2D eigenvalue weighted by Gasteiger charge is 2.15. The molecule has 2 aromatic carbocycles. The van der Waals surface area contributed by atoms with Gasteiger partial charge in [0.1, 0.15) is 0 Å². The third-order valence-electron chi connectivity index (χ3n) is 10.5. The van der Waals surface area contributed by atoms with Crippen molar-refractivity contribution in [2.45, 2.75) is 224 Å². The lowest BCUT2D eigenvalue weighted by molar-refractivity contribution is 0.483. The Labute approximate surface area is 298 Å². The van der Waals surface area contributed by atoms with Crippen molar-refractivity contribution >= 4 is 20.9 Å². The fraction of sp³-hybridized carbons (Fsp3) is 0.773. The van der Waals surface area contributed by atoms with Crippen LogP contribution in [0.25, 0.3) is 10.8 Å². The van der Waals surface area contributed by atoms with E-state index in [1.807, 2.05) is 12.1 Å². The van der Waals surface area contributed by atoms with Crippen LogP contribution in [0.15, 0.2) is 35.2 Å². The fourth-order valence-electron chi connectivity index (χ4n) is 7.50. The second-order valence-electron chi connectivity index (χ2n) is 15.0. The molecule has 0 atom stereocenters. The van der Waals surface area contributed by atoms with Crippen LogP contribution >= 0.6 is 0 Å². The SMILES string of the molecule is CCCCCCCCCCCCCCCCCc1cccc2cc(S(=O)(=O)O)cc(CCCCCCCCCCCCCCCCC)c12. The third-order valence-corrected chi connectivity index (χ3v) is 11.3. The Morgan fingerprint density at radius 3 is 1.12 bits per heavy atom. The summed E-state index contributed by atoms with van der Waals surface area (Å²) in [6.07, 6.45) is 42.5. The first kappa shape index (κ1) is 42.8. The predicted molar refractivity (Wildman–Crippen MR) is 211 cm³/mol. The van der Waals surface area contributed by atoms with E-state index in [-0.39, 0.29) is 4.90 Å². The Morgan fingerprint density at radius 2 is 0.771 bits per heavy atom. The Kier molecular flexibility index (Phi) is 25.2. The van der Waals surface area contributed by atoms with Crippen LogP contribution in [-0.2, 0) is 23.0 Å². The topological polar surface area (TPSA) is 54.4 Å². The van der Waals surface area contributed by atoms with Crippen LogP contribution in [0.5, 0.6) is 0 Å². The van der Waals surface area contributed by atoms with Crippen LogP contribution < -0.4 is 0 Å². The molecule has 2 aromatic rings. The molecule has 276 valence electrons. The molecule has 4 heteroatoms. The maximum atomic E-state index is 12.1. The monoisotopic (exact) mass is 685 g/mol. The maximum absolute atomic E-state index is 12.1. The van der Waals surface area contributed by atoms with E-state index in [0.29, 0.717) is 0 Å². The number of unbranched alkanes of at least 4 members (excludes halogenated alkanes) is 28. The van der Waals surface area contributed by atoms with Gasteiger partial charge >= 0.3 is 0 Å². The summed E-state index contributed by atoms with van der Waals surface area (Å²) in [7, 11) is -4.23. The van der Waals surface area contributed by atoms with Gasteiger partial charge in [-0.15, -0.1) is 0 Å². The van der Waals surface area contributed by atoms with E-state index >= 15 is 0 Å². The molecule has 0 saturated carbocycles. The molecule has 0 unspecified atom stereocenters. The van der Waals surface area contributed by atoms with Crippen LogP contribution in [0, 0.1) is 0 Å². The van der Waals surface area contributed by atoms with Crippen molar-refractivity contribution < 1.29 is 13.0 Å². The third kappa shape index (κ3) is 20.3. The first-order chi connectivity index (χ1) is 23.5. The largest absolute Gasteiger partial charge is 0.294 e. The van der Waals surface area contributed by atoms with Gasteiger partial charge in [-0.2, -0.15) is 8.42 Å². The molecule has 0 spiro atoms. The van der Waals surface area contributed by atoms with Crippen LogP contribution in [-0.4, -0.2) is 13.0 Å². The van der Waals surface area contributed by atoms with Crippen molar-refractivity contribution in [3.63, 3.8) is 0 Å². The van der Waals surface area contributed by atoms with Gasteiger partial charge in [-0.3, -0.25) is 4.55 Å². The van der Waals surface area contributed by atoms with Crippen LogP contribution in [0.1, 0.15) is 218 Å². The van der Waals surface area contributed by atoms with Crippen molar-refractivity contribution in [1.82, 2.24) is 0 Å². The molecule has 0 radical (unpaired) electrons. The lowest BCUT2D eigenvalue weighted by atomic mass is 9.93. The second-order valence-corrected chi connectivity index (χ2v) is 16.4. The highest BCUT2D eigenvalue weighted by Crippen LogP contribution is 2.30. The van der Waals surface area contributed by atoms with E-state index in [1.165, 1.54) is 197 Å². The molecule has 0 aliphatic heterocycles. The summed E-state index contributed by atoms with van der Waals surface area (Å²) in [5, 5.41) is 2.17. The predicted octanol–water partition coefficient (Wildman–Crippen LogP) is 14.9. The number of hydrogen-bond acceptors (Lipinski definition) is 2. The Morgan fingerprint density at radius 1 is 0.438 bits per heavy atom. The molecular formula is C44H76O3S. The molecule has 2 rings (SSSR count). The van der Waals surface area contributed by atoms with Gasteiger partial charge in [0.2, 0.25) is 0 Å². The van der Waals surface area contributed by atoms with Gasteiger partial charge in [-0.25, -0.2) is 0 Å². The molecule has 0 aromatic heterocycles. The molecule has 0 saturated heterocycles. The van der Waals surface area contributed by atoms with Crippen LogP contribution in [0.2, 0.25) is 0 Å². The molecule has 1 N–H and O–H groups in total. The Bertz CT molecular complexity index is 1160. The molecule has 3 nitrogen and oxygen atoms in total. The Balaban J connectivity index is 1.68. The van der Waals surface area contributed by atoms with Crippen molar-refractivity contribution in [3.8, 4) is 0 Å². The van der Waals surface area contributed by atoms with E-state index in [2.05, 4.69) is 19.9 Å². The average Bonchev–Trinajstić information content (AvgIpc) is 3.07. The molecule has 0 bridgehead atoms. The van der Waals surface area contributed by atoms with Crippen LogP contribution in [0.3, 0.4) is 0 Å². The minimum absolute atomic E-state index is 0.0371. The van der Waals surface area contributed by atoms with Gasteiger partial charge in [0, 0.05) is 0 Å². The standard InChI is InChI=1S/C44H76O3S/c1-3-5-7-9-11-13-15-17-19-21-23-25-27-29-31-34-40-36-33-37-42-39-43(48(45,46)47)38-41(44(40)42)35-32-30-28-26-24-22-20-18-16-14-12-10-8-6-4-2/h33,36-39H,3-32,34-35H2,1-2H3,(H,45,46,47). The van der Waals surface area contributed by atoms with Gasteiger partial charge in [0.05, 0.1) is 4.90 Å². The van der Waals surface area contributed by atoms with E-state index in [0.717, 1.165) is 30.2 Å². The zero-order valence-electron chi connectivity index (χ0n) is 31.7. The summed E-state index contributed by atoms with van der Waals surface area (Å²) in [6, 6.07) is 9.70. The van der Waals surface area contributed by atoms with Crippen molar-refractivity contribution in [2.75, 3.05) is 0 Å². The number of benzene rings is 2. The van der Waals surface area contributed by atoms with Crippen molar-refractivity contribution in [1.29, 1.82) is 0 Å². The summed E-state index contributed by atoms with van der Waals surface area (Å²) in [5.41, 5.74) is 2.42. The average molecular weight is 685 g/mol. The zero-order valence-corrected chi connectivity index (χ0v) is 32.5. The summed E-state index contributed by atoms with van der Waals surface area (Å²) < 4.78 is 34.1. The summed E-state index contributed by atoms with van der Waals surface area (Å²) in [4.78, 5) is 0.0371. The molecule has 0 aliphatic rings.